The lowest BCUT2D eigenvalue weighted by atomic mass is 10.1. The fourth-order valence-corrected chi connectivity index (χ4v) is 2.99. The molecule has 0 saturated carbocycles. The van der Waals surface area contributed by atoms with Gasteiger partial charge in [-0.05, 0) is 42.8 Å². The highest BCUT2D eigenvalue weighted by Gasteiger charge is 2.07. The van der Waals surface area contributed by atoms with Crippen molar-refractivity contribution >= 4 is 22.1 Å². The third kappa shape index (κ3) is 2.22. The Morgan fingerprint density at radius 1 is 1.00 bits per heavy atom. The van der Waals surface area contributed by atoms with Gasteiger partial charge in [-0.3, -0.25) is 0 Å². The summed E-state index contributed by atoms with van der Waals surface area (Å²) in [5.74, 6) is 0.890. The van der Waals surface area contributed by atoms with E-state index in [-0.39, 0.29) is 0 Å². The summed E-state index contributed by atoms with van der Waals surface area (Å²) < 4.78 is 5.25. The van der Waals surface area contributed by atoms with Gasteiger partial charge in [-0.25, -0.2) is 4.98 Å². The average Bonchev–Trinajstić information content (AvgIpc) is 2.77. The summed E-state index contributed by atoms with van der Waals surface area (Å²) in [7, 11) is 1.69. The molecule has 0 spiro atoms. The van der Waals surface area contributed by atoms with Crippen molar-refractivity contribution in [2.45, 2.75) is 13.8 Å². The maximum Gasteiger partial charge on any atom is 0.123 e. The first-order chi connectivity index (χ1) is 9.17. The van der Waals surface area contributed by atoms with Crippen LogP contribution in [0.4, 0.5) is 0 Å². The van der Waals surface area contributed by atoms with Crippen LogP contribution in [-0.4, -0.2) is 12.1 Å². The third-order valence-corrected chi connectivity index (χ3v) is 4.44. The van der Waals surface area contributed by atoms with Gasteiger partial charge in [0.15, 0.2) is 0 Å². The SMILES string of the molecule is COc1ccc2cc(-c3nc(C)c(C)s3)ccc2c1. The van der Waals surface area contributed by atoms with E-state index in [1.165, 1.54) is 21.2 Å². The van der Waals surface area contributed by atoms with Crippen LogP contribution in [0.3, 0.4) is 0 Å². The topological polar surface area (TPSA) is 22.1 Å². The van der Waals surface area contributed by atoms with Crippen LogP contribution < -0.4 is 4.74 Å². The van der Waals surface area contributed by atoms with Gasteiger partial charge in [0.1, 0.15) is 10.8 Å². The molecular formula is C16H15NOS. The van der Waals surface area contributed by atoms with Crippen molar-refractivity contribution < 1.29 is 4.74 Å². The molecule has 0 unspecified atom stereocenters. The van der Waals surface area contributed by atoms with Gasteiger partial charge in [0, 0.05) is 10.4 Å². The molecule has 96 valence electrons. The number of aromatic nitrogens is 1. The number of hydrogen-bond donors (Lipinski definition) is 0. The predicted molar refractivity (Wildman–Crippen MR) is 81.1 cm³/mol. The van der Waals surface area contributed by atoms with E-state index in [2.05, 4.69) is 49.2 Å². The first kappa shape index (κ1) is 12.2. The van der Waals surface area contributed by atoms with E-state index in [1.54, 1.807) is 18.4 Å². The summed E-state index contributed by atoms with van der Waals surface area (Å²) in [6.45, 7) is 4.17. The minimum atomic E-state index is 0.890. The Hall–Kier alpha value is -1.87. The van der Waals surface area contributed by atoms with Crippen molar-refractivity contribution in [3.05, 3.63) is 47.0 Å². The van der Waals surface area contributed by atoms with Crippen LogP contribution in [0, 0.1) is 13.8 Å². The average molecular weight is 269 g/mol. The summed E-state index contributed by atoms with van der Waals surface area (Å²) in [6, 6.07) is 12.6. The second kappa shape index (κ2) is 4.67. The zero-order valence-electron chi connectivity index (χ0n) is 11.2. The smallest absolute Gasteiger partial charge is 0.123 e. The molecule has 19 heavy (non-hydrogen) atoms. The number of fused-ring (bicyclic) bond motifs is 1. The van der Waals surface area contributed by atoms with Crippen molar-refractivity contribution in [2.24, 2.45) is 0 Å². The van der Waals surface area contributed by atoms with Crippen molar-refractivity contribution in [1.82, 2.24) is 4.98 Å². The molecule has 3 rings (SSSR count). The number of benzene rings is 2. The summed E-state index contributed by atoms with van der Waals surface area (Å²) in [5, 5.41) is 3.49. The lowest BCUT2D eigenvalue weighted by Gasteiger charge is -2.04. The molecule has 3 aromatic rings. The molecule has 3 heteroatoms. The van der Waals surface area contributed by atoms with Crippen LogP contribution in [-0.2, 0) is 0 Å². The Balaban J connectivity index is 2.11. The van der Waals surface area contributed by atoms with Gasteiger partial charge >= 0.3 is 0 Å². The number of methoxy groups -OCH3 is 1. The summed E-state index contributed by atoms with van der Waals surface area (Å²) in [4.78, 5) is 5.90. The van der Waals surface area contributed by atoms with Crippen molar-refractivity contribution in [3.63, 3.8) is 0 Å². The monoisotopic (exact) mass is 269 g/mol. The number of hydrogen-bond acceptors (Lipinski definition) is 3. The zero-order valence-corrected chi connectivity index (χ0v) is 12.0. The minimum absolute atomic E-state index is 0.890. The fraction of sp³-hybridized carbons (Fsp3) is 0.188. The normalized spacial score (nSPS) is 10.9. The molecule has 0 aliphatic rings. The van der Waals surface area contributed by atoms with E-state index in [0.717, 1.165) is 16.5 Å². The second-order valence-corrected chi connectivity index (χ2v) is 5.79. The summed E-state index contributed by atoms with van der Waals surface area (Å²) in [6.07, 6.45) is 0. The lowest BCUT2D eigenvalue weighted by Crippen LogP contribution is -1.83. The van der Waals surface area contributed by atoms with Gasteiger partial charge in [0.25, 0.3) is 0 Å². The Morgan fingerprint density at radius 2 is 1.74 bits per heavy atom. The highest BCUT2D eigenvalue weighted by molar-refractivity contribution is 7.15. The van der Waals surface area contributed by atoms with E-state index in [9.17, 15) is 0 Å². The number of thiazole rings is 1. The van der Waals surface area contributed by atoms with Crippen molar-refractivity contribution in [1.29, 1.82) is 0 Å². The van der Waals surface area contributed by atoms with Crippen molar-refractivity contribution in [2.75, 3.05) is 7.11 Å². The highest BCUT2D eigenvalue weighted by atomic mass is 32.1. The minimum Gasteiger partial charge on any atom is -0.497 e. The van der Waals surface area contributed by atoms with E-state index in [0.29, 0.717) is 0 Å². The number of nitrogens with zero attached hydrogens (tertiary/aromatic N) is 1. The number of ether oxygens (including phenoxy) is 1. The number of rotatable bonds is 2. The first-order valence-electron chi connectivity index (χ1n) is 6.19. The molecule has 0 radical (unpaired) electrons. The predicted octanol–water partition coefficient (Wildman–Crippen LogP) is 4.59. The van der Waals surface area contributed by atoms with Gasteiger partial charge in [0.2, 0.25) is 0 Å². The largest absolute Gasteiger partial charge is 0.497 e. The summed E-state index contributed by atoms with van der Waals surface area (Å²) >= 11 is 1.75. The standard InChI is InChI=1S/C16H15NOS/c1-10-11(2)19-16(17-10)14-5-4-13-9-15(18-3)7-6-12(13)8-14/h4-9H,1-3H3. The zero-order chi connectivity index (χ0) is 13.4. The molecule has 0 atom stereocenters. The molecule has 2 nitrogen and oxygen atoms in total. The first-order valence-corrected chi connectivity index (χ1v) is 7.01. The van der Waals surface area contributed by atoms with Crippen LogP contribution in [0.15, 0.2) is 36.4 Å². The fourth-order valence-electron chi connectivity index (χ4n) is 2.08. The van der Waals surface area contributed by atoms with Gasteiger partial charge in [-0.1, -0.05) is 18.2 Å². The quantitative estimate of drug-likeness (QED) is 0.679. The molecule has 0 bridgehead atoms. The van der Waals surface area contributed by atoms with Crippen LogP contribution in [0.2, 0.25) is 0 Å². The highest BCUT2D eigenvalue weighted by Crippen LogP contribution is 2.30. The third-order valence-electron chi connectivity index (χ3n) is 3.32. The Morgan fingerprint density at radius 3 is 2.42 bits per heavy atom. The van der Waals surface area contributed by atoms with E-state index < -0.39 is 0 Å². The molecule has 0 N–H and O–H groups in total. The molecule has 0 fully saturated rings. The van der Waals surface area contributed by atoms with Crippen LogP contribution in [0.25, 0.3) is 21.3 Å². The van der Waals surface area contributed by atoms with E-state index >= 15 is 0 Å². The molecule has 1 aromatic heterocycles. The van der Waals surface area contributed by atoms with E-state index in [4.69, 9.17) is 4.74 Å². The van der Waals surface area contributed by atoms with Crippen LogP contribution >= 0.6 is 11.3 Å². The van der Waals surface area contributed by atoms with Gasteiger partial charge in [-0.15, -0.1) is 11.3 Å². The molecule has 0 saturated heterocycles. The molecule has 1 heterocycles. The van der Waals surface area contributed by atoms with E-state index in [1.807, 2.05) is 6.07 Å². The van der Waals surface area contributed by atoms with Gasteiger partial charge in [-0.2, -0.15) is 0 Å². The van der Waals surface area contributed by atoms with Crippen LogP contribution in [0.1, 0.15) is 10.6 Å². The van der Waals surface area contributed by atoms with Crippen LogP contribution in [0.5, 0.6) is 5.75 Å². The van der Waals surface area contributed by atoms with Gasteiger partial charge in [0.05, 0.1) is 12.8 Å². The van der Waals surface area contributed by atoms with Crippen molar-refractivity contribution in [3.8, 4) is 16.3 Å². The molecule has 2 aromatic carbocycles. The molecule has 0 aliphatic heterocycles. The Kier molecular flexibility index (Phi) is 2.99. The van der Waals surface area contributed by atoms with Gasteiger partial charge < -0.3 is 4.74 Å². The maximum atomic E-state index is 5.25. The summed E-state index contributed by atoms with van der Waals surface area (Å²) in [5.41, 5.74) is 2.30. The molecule has 0 amide bonds. The second-order valence-electron chi connectivity index (χ2n) is 4.59. The number of aryl methyl sites for hydroxylation is 2. The maximum absolute atomic E-state index is 5.25. The Labute approximate surface area is 116 Å². The molecule has 0 aliphatic carbocycles. The Bertz CT molecular complexity index is 726. The molecular weight excluding hydrogens is 254 g/mol. The lowest BCUT2D eigenvalue weighted by molar-refractivity contribution is 0.415.